The van der Waals surface area contributed by atoms with Gasteiger partial charge in [-0.15, -0.1) is 0 Å². The summed E-state index contributed by atoms with van der Waals surface area (Å²) in [5.41, 5.74) is -0.674. The summed E-state index contributed by atoms with van der Waals surface area (Å²) in [7, 11) is 0. The van der Waals surface area contributed by atoms with Gasteiger partial charge in [-0.05, 0) is 78.7 Å². The molecule has 0 aliphatic carbocycles. The van der Waals surface area contributed by atoms with Gasteiger partial charge in [0.05, 0.1) is 12.7 Å². The minimum Gasteiger partial charge on any atom is -0.508 e. The van der Waals surface area contributed by atoms with Gasteiger partial charge < -0.3 is 128 Å². The van der Waals surface area contributed by atoms with Crippen molar-refractivity contribution in [1.29, 1.82) is 0 Å². The van der Waals surface area contributed by atoms with Crippen LogP contribution >= 0.6 is 0 Å². The predicted octanol–water partition coefficient (Wildman–Crippen LogP) is -2.16. The SMILES string of the molecule is C[C@@H]1O[C@@H](Oc2c(-c3ccc(O)cc3)oc3cc(O[C@@H]4O[C@H](CO)[C@@H](O)[C@H](O)[C@H]4O)cc(O)c3c2=O)[C@H](O[C@@H]2O[C@H](COC(=O)/C=C/c3ccc(O)cc3)[C@@H](O)[C@H](O)[C@H]2O)[C@H](O[C@@H]2O[C@H](COC(=O)/C=C/c3ccc(O)cc3)[C@@H](O)[C@H](O)[C@H]2O)[C@H]1O. The summed E-state index contributed by atoms with van der Waals surface area (Å²) in [5, 5.41) is 161. The van der Waals surface area contributed by atoms with Crippen molar-refractivity contribution in [2.45, 2.75) is 130 Å². The first-order valence-electron chi connectivity index (χ1n) is 26.6. The van der Waals surface area contributed by atoms with Crippen molar-refractivity contribution in [3.05, 3.63) is 118 Å². The molecular weight excluding hydrogens is 1150 g/mol. The summed E-state index contributed by atoms with van der Waals surface area (Å²) in [6, 6.07) is 18.3. The van der Waals surface area contributed by atoms with Crippen LogP contribution in [0.25, 0.3) is 34.4 Å². The van der Waals surface area contributed by atoms with E-state index in [1.54, 1.807) is 0 Å². The zero-order chi connectivity index (χ0) is 61.8. The van der Waals surface area contributed by atoms with Crippen molar-refractivity contribution in [2.75, 3.05) is 19.8 Å². The molecule has 0 spiro atoms. The number of aromatic hydroxyl groups is 4. The highest BCUT2D eigenvalue weighted by Gasteiger charge is 2.55. The van der Waals surface area contributed by atoms with E-state index in [1.165, 1.54) is 91.9 Å². The predicted molar refractivity (Wildman–Crippen MR) is 286 cm³/mol. The minimum absolute atomic E-state index is 0.0157. The average molecular weight is 1210 g/mol. The number of hydrogen-bond acceptors (Lipinski definition) is 29. The van der Waals surface area contributed by atoms with Gasteiger partial charge >= 0.3 is 11.9 Å². The Morgan fingerprint density at radius 1 is 0.512 bits per heavy atom. The normalized spacial score (nSPS) is 33.2. The summed E-state index contributed by atoms with van der Waals surface area (Å²) < 4.78 is 64.6. The van der Waals surface area contributed by atoms with Crippen LogP contribution in [0.5, 0.6) is 34.5 Å². The van der Waals surface area contributed by atoms with Crippen LogP contribution in [0.4, 0.5) is 0 Å². The Hall–Kier alpha value is -7.37. The highest BCUT2D eigenvalue weighted by molar-refractivity contribution is 5.89. The molecule has 5 heterocycles. The fraction of sp³-hybridized carbons (Fsp3) is 0.421. The van der Waals surface area contributed by atoms with E-state index in [4.69, 9.17) is 51.8 Å². The van der Waals surface area contributed by atoms with Crippen molar-refractivity contribution in [3.8, 4) is 45.8 Å². The summed E-state index contributed by atoms with van der Waals surface area (Å²) >= 11 is 0. The molecule has 0 unspecified atom stereocenters. The lowest BCUT2D eigenvalue weighted by Gasteiger charge is -2.48. The van der Waals surface area contributed by atoms with Gasteiger partial charge in [0.2, 0.25) is 23.8 Å². The Balaban J connectivity index is 1.06. The number of hydrogen-bond donors (Lipinski definition) is 15. The largest absolute Gasteiger partial charge is 0.508 e. The number of aliphatic hydroxyl groups is 11. The van der Waals surface area contributed by atoms with Crippen LogP contribution in [0.2, 0.25) is 0 Å². The number of fused-ring (bicyclic) bond motifs is 1. The Labute approximate surface area is 485 Å². The highest BCUT2D eigenvalue weighted by Crippen LogP contribution is 2.41. The molecule has 20 atom stereocenters. The molecule has 0 radical (unpaired) electrons. The molecule has 9 rings (SSSR count). The van der Waals surface area contributed by atoms with Crippen LogP contribution in [0.3, 0.4) is 0 Å². The van der Waals surface area contributed by atoms with Gasteiger partial charge in [-0.25, -0.2) is 9.59 Å². The van der Waals surface area contributed by atoms with E-state index in [2.05, 4.69) is 0 Å². The first-order valence-corrected chi connectivity index (χ1v) is 26.6. The number of aliphatic hydroxyl groups excluding tert-OH is 11. The lowest BCUT2D eigenvalue weighted by atomic mass is 9.96. The fourth-order valence-corrected chi connectivity index (χ4v) is 9.60. The lowest BCUT2D eigenvalue weighted by Crippen LogP contribution is -2.67. The van der Waals surface area contributed by atoms with Crippen LogP contribution < -0.4 is 14.9 Å². The summed E-state index contributed by atoms with van der Waals surface area (Å²) in [5.74, 6) is -4.81. The first-order chi connectivity index (χ1) is 41.0. The molecule has 4 aliphatic rings. The Morgan fingerprint density at radius 3 is 1.47 bits per heavy atom. The third kappa shape index (κ3) is 14.0. The van der Waals surface area contributed by atoms with Crippen LogP contribution in [0.15, 0.2) is 106 Å². The number of carbonyl (C=O) groups excluding carboxylic acids is 2. The number of rotatable bonds is 18. The molecule has 4 aliphatic heterocycles. The zero-order valence-corrected chi connectivity index (χ0v) is 45.0. The molecule has 4 fully saturated rings. The fourth-order valence-electron chi connectivity index (χ4n) is 9.60. The van der Waals surface area contributed by atoms with Gasteiger partial charge in [-0.1, -0.05) is 24.3 Å². The van der Waals surface area contributed by atoms with Crippen molar-refractivity contribution in [2.24, 2.45) is 0 Å². The van der Waals surface area contributed by atoms with Crippen molar-refractivity contribution in [3.63, 3.8) is 0 Å². The van der Waals surface area contributed by atoms with E-state index in [0.29, 0.717) is 11.1 Å². The molecular formula is C57H62O29. The van der Waals surface area contributed by atoms with E-state index in [-0.39, 0.29) is 28.6 Å². The van der Waals surface area contributed by atoms with Gasteiger partial charge in [-0.3, -0.25) is 4.79 Å². The van der Waals surface area contributed by atoms with E-state index < -0.39 is 188 Å². The minimum atomic E-state index is -2.23. The van der Waals surface area contributed by atoms with Crippen LogP contribution in [-0.2, 0) is 47.5 Å². The molecule has 0 amide bonds. The maximum atomic E-state index is 15.0. The molecule has 1 aromatic heterocycles. The number of carbonyl (C=O) groups is 2. The second-order valence-electron chi connectivity index (χ2n) is 20.4. The first kappa shape index (κ1) is 63.1. The molecule has 0 saturated carbocycles. The van der Waals surface area contributed by atoms with E-state index in [9.17, 15) is 91.0 Å². The van der Waals surface area contributed by atoms with Gasteiger partial charge in [0.1, 0.15) is 138 Å². The maximum absolute atomic E-state index is 15.0. The van der Waals surface area contributed by atoms with Crippen molar-refractivity contribution < 1.29 is 138 Å². The van der Waals surface area contributed by atoms with Crippen molar-refractivity contribution in [1.82, 2.24) is 0 Å². The van der Waals surface area contributed by atoms with E-state index in [0.717, 1.165) is 24.3 Å². The number of benzene rings is 4. The van der Waals surface area contributed by atoms with Gasteiger partial charge in [0, 0.05) is 29.8 Å². The number of phenols is 4. The third-order valence-electron chi connectivity index (χ3n) is 14.4. The average Bonchev–Trinajstić information content (AvgIpc) is 1.38. The Bertz CT molecular complexity index is 3240. The molecule has 15 N–H and O–H groups in total. The van der Waals surface area contributed by atoms with Crippen molar-refractivity contribution >= 4 is 35.1 Å². The maximum Gasteiger partial charge on any atom is 0.330 e. The molecule has 29 heteroatoms. The molecule has 4 aromatic carbocycles. The highest BCUT2D eigenvalue weighted by atomic mass is 16.8. The second-order valence-corrected chi connectivity index (χ2v) is 20.4. The monoisotopic (exact) mass is 1210 g/mol. The lowest BCUT2D eigenvalue weighted by molar-refractivity contribution is -0.382. The molecule has 5 aromatic rings. The van der Waals surface area contributed by atoms with Gasteiger partial charge in [0.25, 0.3) is 0 Å². The Morgan fingerprint density at radius 2 is 0.965 bits per heavy atom. The summed E-state index contributed by atoms with van der Waals surface area (Å²) in [4.78, 5) is 40.6. The topological polar surface area (TPSA) is 460 Å². The van der Waals surface area contributed by atoms with Crippen LogP contribution in [0, 0.1) is 0 Å². The molecule has 4 saturated heterocycles. The molecule has 86 heavy (non-hydrogen) atoms. The number of ether oxygens (including phenoxy) is 10. The number of phenolic OH excluding ortho intramolecular Hbond substituents is 4. The van der Waals surface area contributed by atoms with E-state index in [1.807, 2.05) is 0 Å². The zero-order valence-electron chi connectivity index (χ0n) is 45.0. The summed E-state index contributed by atoms with van der Waals surface area (Å²) in [6.45, 7) is -1.13. The quantitative estimate of drug-likeness (QED) is 0.0328. The van der Waals surface area contributed by atoms with Gasteiger partial charge in [-0.2, -0.15) is 0 Å². The Kier molecular flexibility index (Phi) is 19.9. The summed E-state index contributed by atoms with van der Waals surface area (Å²) in [6.07, 6.45) is -34.0. The molecule has 464 valence electrons. The standard InChI is InChI=1S/C57H62O29/c1-23-39(65)51(84-55-48(74)45(71)41(67)34(82-55)21-76-36(63)16-6-24-2-10-27(59)11-3-24)53(86-56-49(75)46(72)42(68)35(83-56)22-77-37(64)17-7-25-4-12-28(60)13-5-25)57(78-23)85-52-43(69)38-31(62)18-30(79-54-47(73)44(70)40(66)33(20-58)81-54)19-32(38)80-50(52)26-8-14-29(61)15-9-26/h2-19,23,33-35,39-42,44-49,51,53-62,65-68,70-75H,20-22H2,1H3/b16-6+,17-7+/t23-,33+,34+,35+,39-,40+,41+,42+,44-,45-,46-,47+,48+,49+,51+,53+,54+,55-,56-,57-/m0/s1. The molecule has 29 nitrogen and oxygen atoms in total. The smallest absolute Gasteiger partial charge is 0.330 e. The second kappa shape index (κ2) is 27.1. The van der Waals surface area contributed by atoms with Crippen LogP contribution in [-0.4, -0.2) is 231 Å². The molecule has 0 bridgehead atoms. The van der Waals surface area contributed by atoms with E-state index >= 15 is 0 Å². The number of esters is 2. The van der Waals surface area contributed by atoms with Gasteiger partial charge in [0.15, 0.2) is 24.4 Å². The third-order valence-corrected chi connectivity index (χ3v) is 14.4. The van der Waals surface area contributed by atoms with Crippen LogP contribution in [0.1, 0.15) is 18.1 Å².